The lowest BCUT2D eigenvalue weighted by atomic mass is 10.0. The highest BCUT2D eigenvalue weighted by molar-refractivity contribution is 5.20. The Morgan fingerprint density at radius 1 is 1.27 bits per heavy atom. The van der Waals surface area contributed by atoms with Crippen molar-refractivity contribution < 1.29 is 13.5 Å². The predicted molar refractivity (Wildman–Crippen MR) is 54.4 cm³/mol. The molecule has 0 radical (unpaired) electrons. The molecule has 1 atom stereocenters. The van der Waals surface area contributed by atoms with Gasteiger partial charge in [0.05, 0.1) is 0 Å². The Labute approximate surface area is 88.0 Å². The second-order valence-electron chi connectivity index (χ2n) is 3.29. The molecule has 1 unspecified atom stereocenters. The second kappa shape index (κ2) is 5.78. The number of hydrogen-bond donors (Lipinski definition) is 1. The first-order valence-corrected chi connectivity index (χ1v) is 4.92. The molecule has 2 N–H and O–H groups in total. The Kier molecular flexibility index (Phi) is 4.65. The summed E-state index contributed by atoms with van der Waals surface area (Å²) in [7, 11) is 0. The maximum Gasteiger partial charge on any atom is 0.126 e. The van der Waals surface area contributed by atoms with Gasteiger partial charge in [-0.05, 0) is 31.0 Å². The van der Waals surface area contributed by atoms with Crippen LogP contribution in [0, 0.1) is 11.6 Å². The summed E-state index contributed by atoms with van der Waals surface area (Å²) in [4.78, 5) is 0. The Morgan fingerprint density at radius 2 is 1.87 bits per heavy atom. The van der Waals surface area contributed by atoms with E-state index in [0.717, 1.165) is 6.07 Å². The van der Waals surface area contributed by atoms with Crippen LogP contribution in [-0.4, -0.2) is 13.2 Å². The molecule has 0 aromatic heterocycles. The Balaban J connectivity index is 2.60. The van der Waals surface area contributed by atoms with E-state index in [1.54, 1.807) is 0 Å². The monoisotopic (exact) mass is 215 g/mol. The smallest absolute Gasteiger partial charge is 0.126 e. The standard InChI is InChI=1S/C11H15F2NO/c1-2-15-4-3-11(14)8-5-9(12)7-10(13)6-8/h5-7,11H,2-4,14H2,1H3. The lowest BCUT2D eigenvalue weighted by Crippen LogP contribution is -2.13. The summed E-state index contributed by atoms with van der Waals surface area (Å²) in [5.41, 5.74) is 6.23. The summed E-state index contributed by atoms with van der Waals surface area (Å²) in [6.07, 6.45) is 0.552. The van der Waals surface area contributed by atoms with Crippen LogP contribution in [0.4, 0.5) is 8.78 Å². The minimum atomic E-state index is -0.600. The number of nitrogens with two attached hydrogens (primary N) is 1. The minimum Gasteiger partial charge on any atom is -0.382 e. The Hall–Kier alpha value is -1.00. The number of halogens is 2. The molecule has 0 aliphatic heterocycles. The predicted octanol–water partition coefficient (Wildman–Crippen LogP) is 2.39. The fourth-order valence-electron chi connectivity index (χ4n) is 1.31. The summed E-state index contributed by atoms with van der Waals surface area (Å²) >= 11 is 0. The van der Waals surface area contributed by atoms with Crippen LogP contribution in [-0.2, 0) is 4.74 Å². The highest BCUT2D eigenvalue weighted by Crippen LogP contribution is 2.16. The molecule has 1 aromatic rings. The fourth-order valence-corrected chi connectivity index (χ4v) is 1.31. The molecular formula is C11H15F2NO. The van der Waals surface area contributed by atoms with Gasteiger partial charge in [-0.25, -0.2) is 8.78 Å². The molecule has 2 nitrogen and oxygen atoms in total. The third kappa shape index (κ3) is 3.93. The van der Waals surface area contributed by atoms with E-state index in [4.69, 9.17) is 10.5 Å². The van der Waals surface area contributed by atoms with Gasteiger partial charge in [0, 0.05) is 25.3 Å². The van der Waals surface area contributed by atoms with Gasteiger partial charge in [0.1, 0.15) is 11.6 Å². The van der Waals surface area contributed by atoms with Crippen LogP contribution in [0.1, 0.15) is 24.9 Å². The molecule has 0 spiro atoms. The van der Waals surface area contributed by atoms with Crippen LogP contribution in [0.25, 0.3) is 0 Å². The Bertz CT molecular complexity index is 297. The molecule has 0 saturated carbocycles. The molecule has 0 amide bonds. The first-order chi connectivity index (χ1) is 7.13. The quantitative estimate of drug-likeness (QED) is 0.765. The van der Waals surface area contributed by atoms with E-state index in [9.17, 15) is 8.78 Å². The molecule has 0 heterocycles. The maximum atomic E-state index is 12.8. The summed E-state index contributed by atoms with van der Waals surface area (Å²) in [6, 6.07) is 2.94. The van der Waals surface area contributed by atoms with E-state index in [1.165, 1.54) is 12.1 Å². The molecule has 0 fully saturated rings. The normalized spacial score (nSPS) is 12.8. The molecule has 15 heavy (non-hydrogen) atoms. The Morgan fingerprint density at radius 3 is 2.40 bits per heavy atom. The molecule has 0 aliphatic rings. The van der Waals surface area contributed by atoms with Crippen LogP contribution in [0.15, 0.2) is 18.2 Å². The minimum absolute atomic E-state index is 0.387. The van der Waals surface area contributed by atoms with Gasteiger partial charge < -0.3 is 10.5 Å². The zero-order chi connectivity index (χ0) is 11.3. The SMILES string of the molecule is CCOCCC(N)c1cc(F)cc(F)c1. The molecule has 4 heteroatoms. The lowest BCUT2D eigenvalue weighted by molar-refractivity contribution is 0.140. The van der Waals surface area contributed by atoms with Crippen molar-refractivity contribution in [1.82, 2.24) is 0 Å². The van der Waals surface area contributed by atoms with Gasteiger partial charge in [0.2, 0.25) is 0 Å². The second-order valence-corrected chi connectivity index (χ2v) is 3.29. The van der Waals surface area contributed by atoms with E-state index in [0.29, 0.717) is 25.2 Å². The van der Waals surface area contributed by atoms with Crippen LogP contribution < -0.4 is 5.73 Å². The van der Waals surface area contributed by atoms with E-state index in [-0.39, 0.29) is 6.04 Å². The van der Waals surface area contributed by atoms with Gasteiger partial charge in [0.15, 0.2) is 0 Å². The fraction of sp³-hybridized carbons (Fsp3) is 0.455. The third-order valence-electron chi connectivity index (χ3n) is 2.09. The average Bonchev–Trinajstić information content (AvgIpc) is 2.16. The molecule has 1 rings (SSSR count). The van der Waals surface area contributed by atoms with E-state index in [2.05, 4.69) is 0 Å². The van der Waals surface area contributed by atoms with Crippen LogP contribution in [0.5, 0.6) is 0 Å². The molecule has 0 saturated heterocycles. The number of hydrogen-bond acceptors (Lipinski definition) is 2. The largest absolute Gasteiger partial charge is 0.382 e. The summed E-state index contributed by atoms with van der Waals surface area (Å²) in [6.45, 7) is 2.99. The summed E-state index contributed by atoms with van der Waals surface area (Å²) in [5, 5.41) is 0. The molecule has 0 aliphatic carbocycles. The van der Waals surface area contributed by atoms with Crippen molar-refractivity contribution >= 4 is 0 Å². The van der Waals surface area contributed by atoms with Crippen LogP contribution in [0.2, 0.25) is 0 Å². The highest BCUT2D eigenvalue weighted by Gasteiger charge is 2.08. The number of benzene rings is 1. The molecule has 1 aromatic carbocycles. The first kappa shape index (κ1) is 12.1. The van der Waals surface area contributed by atoms with Crippen molar-refractivity contribution in [2.75, 3.05) is 13.2 Å². The van der Waals surface area contributed by atoms with Gasteiger partial charge >= 0.3 is 0 Å². The molecular weight excluding hydrogens is 200 g/mol. The zero-order valence-electron chi connectivity index (χ0n) is 8.67. The van der Waals surface area contributed by atoms with Crippen molar-refractivity contribution in [3.63, 3.8) is 0 Å². The van der Waals surface area contributed by atoms with Crippen molar-refractivity contribution in [3.05, 3.63) is 35.4 Å². The highest BCUT2D eigenvalue weighted by atomic mass is 19.1. The van der Waals surface area contributed by atoms with Crippen molar-refractivity contribution in [3.8, 4) is 0 Å². The zero-order valence-corrected chi connectivity index (χ0v) is 8.67. The number of rotatable bonds is 5. The van der Waals surface area contributed by atoms with Crippen molar-refractivity contribution in [1.29, 1.82) is 0 Å². The van der Waals surface area contributed by atoms with E-state index in [1.807, 2.05) is 6.92 Å². The van der Waals surface area contributed by atoms with Crippen molar-refractivity contribution in [2.24, 2.45) is 5.73 Å². The summed E-state index contributed by atoms with van der Waals surface area (Å²) < 4.78 is 30.8. The van der Waals surface area contributed by atoms with Crippen LogP contribution in [0.3, 0.4) is 0 Å². The van der Waals surface area contributed by atoms with Gasteiger partial charge in [-0.3, -0.25) is 0 Å². The molecule has 0 bridgehead atoms. The van der Waals surface area contributed by atoms with Crippen LogP contribution >= 0.6 is 0 Å². The van der Waals surface area contributed by atoms with Gasteiger partial charge in [-0.2, -0.15) is 0 Å². The van der Waals surface area contributed by atoms with Gasteiger partial charge in [-0.15, -0.1) is 0 Å². The molecule has 84 valence electrons. The lowest BCUT2D eigenvalue weighted by Gasteiger charge is -2.12. The topological polar surface area (TPSA) is 35.2 Å². The summed E-state index contributed by atoms with van der Waals surface area (Å²) in [5.74, 6) is -1.20. The number of ether oxygens (including phenoxy) is 1. The van der Waals surface area contributed by atoms with E-state index >= 15 is 0 Å². The maximum absolute atomic E-state index is 12.8. The van der Waals surface area contributed by atoms with E-state index < -0.39 is 11.6 Å². The average molecular weight is 215 g/mol. The van der Waals surface area contributed by atoms with Gasteiger partial charge in [-0.1, -0.05) is 0 Å². The van der Waals surface area contributed by atoms with Crippen molar-refractivity contribution in [2.45, 2.75) is 19.4 Å². The van der Waals surface area contributed by atoms with Gasteiger partial charge in [0.25, 0.3) is 0 Å². The third-order valence-corrected chi connectivity index (χ3v) is 2.09. The first-order valence-electron chi connectivity index (χ1n) is 4.92.